The lowest BCUT2D eigenvalue weighted by atomic mass is 10.0. The number of rotatable bonds is 4. The van der Waals surface area contributed by atoms with E-state index >= 15 is 0 Å². The zero-order valence-electron chi connectivity index (χ0n) is 12.0. The van der Waals surface area contributed by atoms with Crippen molar-refractivity contribution in [1.82, 2.24) is 3.97 Å². The van der Waals surface area contributed by atoms with Crippen LogP contribution in [0.4, 0.5) is 0 Å². The molecular formula is C18H19NS. The highest BCUT2D eigenvalue weighted by atomic mass is 32.2. The molecule has 1 nitrogen and oxygen atoms in total. The van der Waals surface area contributed by atoms with Crippen molar-refractivity contribution in [1.29, 1.82) is 0 Å². The Balaban J connectivity index is 1.64. The van der Waals surface area contributed by atoms with Crippen LogP contribution in [0.5, 0.6) is 0 Å². The lowest BCUT2D eigenvalue weighted by Crippen LogP contribution is -1.90. The van der Waals surface area contributed by atoms with Gasteiger partial charge < -0.3 is 0 Å². The minimum Gasteiger partial charge on any atom is -0.292 e. The minimum atomic E-state index is 1.07. The van der Waals surface area contributed by atoms with Crippen molar-refractivity contribution in [3.63, 3.8) is 0 Å². The first-order chi connectivity index (χ1) is 9.70. The fourth-order valence-electron chi connectivity index (χ4n) is 2.46. The van der Waals surface area contributed by atoms with Gasteiger partial charge in [-0.2, -0.15) is 0 Å². The first kappa shape index (κ1) is 13.3. The van der Waals surface area contributed by atoms with E-state index in [-0.39, 0.29) is 0 Å². The highest BCUT2D eigenvalue weighted by Crippen LogP contribution is 2.25. The molecule has 1 heterocycles. The topological polar surface area (TPSA) is 4.93 Å². The molecule has 0 saturated carbocycles. The predicted molar refractivity (Wildman–Crippen MR) is 87.0 cm³/mol. The van der Waals surface area contributed by atoms with E-state index in [2.05, 4.69) is 72.6 Å². The average Bonchev–Trinajstić information content (AvgIpc) is 3.02. The molecule has 1 aromatic carbocycles. The number of benzene rings is 1. The van der Waals surface area contributed by atoms with Gasteiger partial charge in [-0.3, -0.25) is 3.97 Å². The number of hydrogen-bond acceptors (Lipinski definition) is 1. The Morgan fingerprint density at radius 1 is 1.05 bits per heavy atom. The quantitative estimate of drug-likeness (QED) is 0.748. The smallest absolute Gasteiger partial charge is 0.0290 e. The van der Waals surface area contributed by atoms with Crippen molar-refractivity contribution >= 4 is 11.9 Å². The van der Waals surface area contributed by atoms with Gasteiger partial charge >= 0.3 is 0 Å². The number of aromatic nitrogens is 1. The summed E-state index contributed by atoms with van der Waals surface area (Å²) in [4.78, 5) is 1.28. The molecule has 102 valence electrons. The van der Waals surface area contributed by atoms with Gasteiger partial charge in [0.1, 0.15) is 0 Å². The molecule has 0 unspecified atom stereocenters. The molecule has 0 aliphatic heterocycles. The van der Waals surface area contributed by atoms with Crippen molar-refractivity contribution in [2.75, 3.05) is 0 Å². The Morgan fingerprint density at radius 2 is 1.85 bits per heavy atom. The van der Waals surface area contributed by atoms with Crippen molar-refractivity contribution in [3.05, 3.63) is 77.2 Å². The Bertz CT molecular complexity index is 659. The average molecular weight is 281 g/mol. The third kappa shape index (κ3) is 3.07. The number of allylic oxidation sites excluding steroid dienone is 4. The molecule has 1 aliphatic rings. The molecule has 2 aromatic rings. The second kappa shape index (κ2) is 5.76. The monoisotopic (exact) mass is 281 g/mol. The molecule has 1 aliphatic carbocycles. The molecule has 0 bridgehead atoms. The standard InChI is InChI=1S/C18H19NS/c1-14-5-6-17(12-14)13-16-7-9-18(10-8-16)20-19-11-3-4-15(19)2/h3-11H,12-13H2,1-2H3. The van der Waals surface area contributed by atoms with E-state index in [4.69, 9.17) is 0 Å². The van der Waals surface area contributed by atoms with E-state index in [1.807, 2.05) is 0 Å². The molecular weight excluding hydrogens is 262 g/mol. The molecule has 20 heavy (non-hydrogen) atoms. The first-order valence-electron chi connectivity index (χ1n) is 6.97. The van der Waals surface area contributed by atoms with E-state index in [1.165, 1.54) is 27.3 Å². The molecule has 0 saturated heterocycles. The second-order valence-corrected chi connectivity index (χ2v) is 6.45. The van der Waals surface area contributed by atoms with E-state index in [0.29, 0.717) is 0 Å². The van der Waals surface area contributed by atoms with Crippen molar-refractivity contribution in [2.24, 2.45) is 0 Å². The Kier molecular flexibility index (Phi) is 3.83. The van der Waals surface area contributed by atoms with Crippen LogP contribution >= 0.6 is 11.9 Å². The van der Waals surface area contributed by atoms with Crippen molar-refractivity contribution in [2.45, 2.75) is 31.6 Å². The molecule has 0 amide bonds. The molecule has 0 spiro atoms. The largest absolute Gasteiger partial charge is 0.292 e. The second-order valence-electron chi connectivity index (χ2n) is 5.40. The lowest BCUT2D eigenvalue weighted by Gasteiger charge is -2.07. The SMILES string of the molecule is CC1=CC=C(Cc2ccc(Sn3cccc3C)cc2)C1. The van der Waals surface area contributed by atoms with E-state index in [9.17, 15) is 0 Å². The van der Waals surface area contributed by atoms with Crippen molar-refractivity contribution in [3.8, 4) is 0 Å². The van der Waals surface area contributed by atoms with Crippen LogP contribution in [0.25, 0.3) is 0 Å². The maximum atomic E-state index is 2.27. The summed E-state index contributed by atoms with van der Waals surface area (Å²) < 4.78 is 2.20. The molecule has 0 fully saturated rings. The summed E-state index contributed by atoms with van der Waals surface area (Å²) in [6.45, 7) is 4.33. The van der Waals surface area contributed by atoms with E-state index in [0.717, 1.165) is 12.8 Å². The van der Waals surface area contributed by atoms with Crippen LogP contribution in [0.2, 0.25) is 0 Å². The van der Waals surface area contributed by atoms with E-state index < -0.39 is 0 Å². The van der Waals surface area contributed by atoms with Gasteiger partial charge in [-0.1, -0.05) is 35.4 Å². The Hall–Kier alpha value is -1.67. The van der Waals surface area contributed by atoms with Gasteiger partial charge in [-0.05, 0) is 68.5 Å². The fraction of sp³-hybridized carbons (Fsp3) is 0.222. The van der Waals surface area contributed by atoms with E-state index in [1.54, 1.807) is 11.9 Å². The zero-order valence-corrected chi connectivity index (χ0v) is 12.8. The highest BCUT2D eigenvalue weighted by molar-refractivity contribution is 7.97. The lowest BCUT2D eigenvalue weighted by molar-refractivity contribution is 1.04. The molecule has 1 aromatic heterocycles. The normalized spacial score (nSPS) is 14.3. The zero-order chi connectivity index (χ0) is 13.9. The summed E-state index contributed by atoms with van der Waals surface area (Å²) in [5.74, 6) is 0. The molecule has 3 rings (SSSR count). The van der Waals surface area contributed by atoms with Gasteiger partial charge in [-0.25, -0.2) is 0 Å². The number of nitrogens with zero attached hydrogens (tertiary/aromatic N) is 1. The van der Waals surface area contributed by atoms with Crippen LogP contribution in [-0.4, -0.2) is 3.97 Å². The summed E-state index contributed by atoms with van der Waals surface area (Å²) in [6.07, 6.45) is 8.81. The van der Waals surface area contributed by atoms with Crippen LogP contribution in [0.3, 0.4) is 0 Å². The van der Waals surface area contributed by atoms with Gasteiger partial charge in [0.15, 0.2) is 0 Å². The Morgan fingerprint density at radius 3 is 2.45 bits per heavy atom. The maximum absolute atomic E-state index is 2.27. The third-order valence-electron chi connectivity index (χ3n) is 3.57. The number of aryl methyl sites for hydroxylation is 1. The maximum Gasteiger partial charge on any atom is 0.0290 e. The van der Waals surface area contributed by atoms with Crippen LogP contribution in [0.1, 0.15) is 24.6 Å². The highest BCUT2D eigenvalue weighted by Gasteiger charge is 2.06. The summed E-state index contributed by atoms with van der Waals surface area (Å²) in [7, 11) is 0. The third-order valence-corrected chi connectivity index (χ3v) is 4.66. The molecule has 0 radical (unpaired) electrons. The van der Waals surface area contributed by atoms with Crippen molar-refractivity contribution < 1.29 is 0 Å². The summed E-state index contributed by atoms with van der Waals surface area (Å²) in [5, 5.41) is 0. The van der Waals surface area contributed by atoms with Gasteiger partial charge in [0.25, 0.3) is 0 Å². The summed E-state index contributed by atoms with van der Waals surface area (Å²) in [6, 6.07) is 13.1. The van der Waals surface area contributed by atoms with Crippen LogP contribution in [0.15, 0.2) is 70.8 Å². The Labute approximate surface area is 125 Å². The van der Waals surface area contributed by atoms with Gasteiger partial charge in [0.05, 0.1) is 0 Å². The summed E-state index contributed by atoms with van der Waals surface area (Å²) >= 11 is 1.76. The van der Waals surface area contributed by atoms with Gasteiger partial charge in [0, 0.05) is 16.8 Å². The van der Waals surface area contributed by atoms with Gasteiger partial charge in [-0.15, -0.1) is 0 Å². The summed E-state index contributed by atoms with van der Waals surface area (Å²) in [5.41, 5.74) is 5.66. The number of hydrogen-bond donors (Lipinski definition) is 0. The molecule has 0 atom stereocenters. The van der Waals surface area contributed by atoms with Gasteiger partial charge in [0.2, 0.25) is 0 Å². The minimum absolute atomic E-state index is 1.07. The molecule has 0 N–H and O–H groups in total. The van der Waals surface area contributed by atoms with Crippen LogP contribution in [-0.2, 0) is 6.42 Å². The van der Waals surface area contributed by atoms with Crippen LogP contribution in [0, 0.1) is 6.92 Å². The molecule has 2 heteroatoms. The predicted octanol–water partition coefficient (Wildman–Crippen LogP) is 5.17. The first-order valence-corrected chi connectivity index (χ1v) is 7.74. The van der Waals surface area contributed by atoms with Crippen LogP contribution < -0.4 is 0 Å². The fourth-order valence-corrected chi connectivity index (χ4v) is 3.28.